The van der Waals surface area contributed by atoms with E-state index in [1.807, 2.05) is 0 Å². The fraction of sp³-hybridized carbons (Fsp3) is 0.0909. The SMILES string of the molecule is CC(C)(C)c1ccc2c(c1)c1c(c3c4ccccc4c4ccccc4c3n1-c1ccc(-c3ccccc3)cc1)n2-c1ccccc1. The highest BCUT2D eigenvalue weighted by Gasteiger charge is 2.26. The molecule has 0 saturated carbocycles. The van der Waals surface area contributed by atoms with Gasteiger partial charge in [-0.05, 0) is 74.7 Å². The van der Waals surface area contributed by atoms with Crippen LogP contribution in [0.2, 0.25) is 0 Å². The number of para-hydroxylation sites is 1. The summed E-state index contributed by atoms with van der Waals surface area (Å²) in [5, 5.41) is 7.65. The zero-order valence-corrected chi connectivity index (χ0v) is 26.3. The molecule has 9 aromatic rings. The standard InChI is InChI=1S/C44H34N2/c1-44(2,3)31-24-27-39-38(28-31)42-43(45(39)32-16-8-5-9-17-32)40-36-20-12-10-18-34(36)35-19-11-13-21-37(35)41(40)46(42)33-25-22-30(23-26-33)29-14-6-4-7-15-29/h4-28H,1-3H3. The zero-order valence-electron chi connectivity index (χ0n) is 26.3. The summed E-state index contributed by atoms with van der Waals surface area (Å²) in [4.78, 5) is 0. The Morgan fingerprint density at radius 3 is 1.61 bits per heavy atom. The van der Waals surface area contributed by atoms with Crippen molar-refractivity contribution in [2.75, 3.05) is 0 Å². The second-order valence-corrected chi connectivity index (χ2v) is 13.4. The van der Waals surface area contributed by atoms with Gasteiger partial charge in [0.05, 0.1) is 22.1 Å². The lowest BCUT2D eigenvalue weighted by atomic mass is 9.86. The Balaban J connectivity index is 1.54. The molecule has 2 heteroatoms. The van der Waals surface area contributed by atoms with E-state index in [-0.39, 0.29) is 5.41 Å². The molecule has 0 aliphatic carbocycles. The fourth-order valence-electron chi connectivity index (χ4n) is 7.44. The molecular formula is C44H34N2. The largest absolute Gasteiger partial charge is 0.307 e. The van der Waals surface area contributed by atoms with Gasteiger partial charge in [-0.1, -0.05) is 136 Å². The summed E-state index contributed by atoms with van der Waals surface area (Å²) >= 11 is 0. The summed E-state index contributed by atoms with van der Waals surface area (Å²) in [6.45, 7) is 6.91. The van der Waals surface area contributed by atoms with Crippen LogP contribution in [-0.4, -0.2) is 9.13 Å². The van der Waals surface area contributed by atoms with Crippen LogP contribution in [0.1, 0.15) is 26.3 Å². The number of aromatic nitrogens is 2. The molecule has 0 atom stereocenters. The molecule has 0 N–H and O–H groups in total. The molecule has 220 valence electrons. The van der Waals surface area contributed by atoms with E-state index in [2.05, 4.69) is 182 Å². The highest BCUT2D eigenvalue weighted by molar-refractivity contribution is 6.34. The second-order valence-electron chi connectivity index (χ2n) is 13.4. The number of hydrogen-bond donors (Lipinski definition) is 0. The summed E-state index contributed by atoms with van der Waals surface area (Å²) in [6.07, 6.45) is 0. The number of rotatable bonds is 3. The van der Waals surface area contributed by atoms with Gasteiger partial charge in [-0.15, -0.1) is 0 Å². The van der Waals surface area contributed by atoms with E-state index in [1.54, 1.807) is 0 Å². The van der Waals surface area contributed by atoms with Crippen LogP contribution in [0, 0.1) is 0 Å². The van der Waals surface area contributed by atoms with Crippen LogP contribution in [-0.2, 0) is 5.41 Å². The lowest BCUT2D eigenvalue weighted by Gasteiger charge is -2.19. The number of hydrogen-bond acceptors (Lipinski definition) is 0. The van der Waals surface area contributed by atoms with Gasteiger partial charge in [-0.25, -0.2) is 0 Å². The molecule has 0 aliphatic heterocycles. The highest BCUT2D eigenvalue weighted by atomic mass is 15.1. The predicted octanol–water partition coefficient (Wildman–Crippen LogP) is 12.0. The molecule has 2 aromatic heterocycles. The van der Waals surface area contributed by atoms with E-state index in [0.717, 1.165) is 5.69 Å². The third-order valence-corrected chi connectivity index (χ3v) is 9.64. The summed E-state index contributed by atoms with van der Waals surface area (Å²) in [5.41, 5.74) is 11.1. The summed E-state index contributed by atoms with van der Waals surface area (Å²) in [5.74, 6) is 0. The molecule has 0 unspecified atom stereocenters. The third kappa shape index (κ3) is 3.90. The van der Waals surface area contributed by atoms with Gasteiger partial charge >= 0.3 is 0 Å². The lowest BCUT2D eigenvalue weighted by Crippen LogP contribution is -2.10. The average Bonchev–Trinajstić information content (AvgIpc) is 3.62. The molecule has 46 heavy (non-hydrogen) atoms. The van der Waals surface area contributed by atoms with Crippen molar-refractivity contribution < 1.29 is 0 Å². The first-order valence-electron chi connectivity index (χ1n) is 16.1. The molecule has 0 aliphatic rings. The Morgan fingerprint density at radius 1 is 0.391 bits per heavy atom. The van der Waals surface area contributed by atoms with Crippen molar-refractivity contribution in [1.29, 1.82) is 0 Å². The monoisotopic (exact) mass is 590 g/mol. The van der Waals surface area contributed by atoms with Crippen molar-refractivity contribution in [2.45, 2.75) is 26.2 Å². The molecule has 7 aromatic carbocycles. The van der Waals surface area contributed by atoms with E-state index >= 15 is 0 Å². The lowest BCUT2D eigenvalue weighted by molar-refractivity contribution is 0.591. The molecule has 0 radical (unpaired) electrons. The van der Waals surface area contributed by atoms with Crippen molar-refractivity contribution in [3.63, 3.8) is 0 Å². The van der Waals surface area contributed by atoms with Gasteiger partial charge in [0.15, 0.2) is 0 Å². The van der Waals surface area contributed by atoms with Crippen LogP contribution in [0.25, 0.3) is 76.9 Å². The third-order valence-electron chi connectivity index (χ3n) is 9.64. The van der Waals surface area contributed by atoms with Crippen molar-refractivity contribution in [3.05, 3.63) is 157 Å². The van der Waals surface area contributed by atoms with Gasteiger partial charge in [0.25, 0.3) is 0 Å². The summed E-state index contributed by atoms with van der Waals surface area (Å²) in [7, 11) is 0. The Kier molecular flexibility index (Phi) is 5.79. The normalized spacial score (nSPS) is 12.2. The molecule has 0 bridgehead atoms. The van der Waals surface area contributed by atoms with E-state index in [9.17, 15) is 0 Å². The van der Waals surface area contributed by atoms with Crippen LogP contribution < -0.4 is 0 Å². The van der Waals surface area contributed by atoms with Crippen LogP contribution >= 0.6 is 0 Å². The highest BCUT2D eigenvalue weighted by Crippen LogP contribution is 2.47. The van der Waals surface area contributed by atoms with Gasteiger partial charge in [0, 0.05) is 27.5 Å². The smallest absolute Gasteiger partial charge is 0.0810 e. The molecule has 2 nitrogen and oxygen atoms in total. The Morgan fingerprint density at radius 2 is 0.935 bits per heavy atom. The maximum absolute atomic E-state index is 2.54. The van der Waals surface area contributed by atoms with Gasteiger partial charge < -0.3 is 9.13 Å². The van der Waals surface area contributed by atoms with Crippen LogP contribution in [0.3, 0.4) is 0 Å². The maximum atomic E-state index is 2.54. The van der Waals surface area contributed by atoms with Crippen LogP contribution in [0.4, 0.5) is 0 Å². The van der Waals surface area contributed by atoms with Gasteiger partial charge in [-0.2, -0.15) is 0 Å². The Hall–Kier alpha value is -5.60. The van der Waals surface area contributed by atoms with Crippen LogP contribution in [0.15, 0.2) is 152 Å². The Bertz CT molecular complexity index is 2580. The summed E-state index contributed by atoms with van der Waals surface area (Å²) < 4.78 is 5.04. The summed E-state index contributed by atoms with van der Waals surface area (Å²) in [6, 6.07) is 55.6. The Labute approximate surface area is 268 Å². The maximum Gasteiger partial charge on any atom is 0.0810 e. The quantitative estimate of drug-likeness (QED) is 0.181. The van der Waals surface area contributed by atoms with Crippen molar-refractivity contribution >= 4 is 54.4 Å². The minimum Gasteiger partial charge on any atom is -0.307 e. The number of benzene rings is 7. The van der Waals surface area contributed by atoms with E-state index < -0.39 is 0 Å². The van der Waals surface area contributed by atoms with Gasteiger partial charge in [0.2, 0.25) is 0 Å². The molecule has 0 fully saturated rings. The van der Waals surface area contributed by atoms with Crippen molar-refractivity contribution in [1.82, 2.24) is 9.13 Å². The zero-order chi connectivity index (χ0) is 31.0. The first-order valence-corrected chi connectivity index (χ1v) is 16.1. The first-order chi connectivity index (χ1) is 22.5. The number of fused-ring (bicyclic) bond motifs is 10. The second kappa shape index (κ2) is 9.95. The molecule has 2 heterocycles. The molecular weight excluding hydrogens is 556 g/mol. The topological polar surface area (TPSA) is 9.86 Å². The first kappa shape index (κ1) is 26.8. The van der Waals surface area contributed by atoms with E-state index in [1.165, 1.54) is 76.8 Å². The minimum absolute atomic E-state index is 0.0168. The van der Waals surface area contributed by atoms with E-state index in [4.69, 9.17) is 0 Å². The van der Waals surface area contributed by atoms with Crippen LogP contribution in [0.5, 0.6) is 0 Å². The molecule has 0 saturated heterocycles. The minimum atomic E-state index is 0.0168. The predicted molar refractivity (Wildman–Crippen MR) is 197 cm³/mol. The fourth-order valence-corrected chi connectivity index (χ4v) is 7.44. The molecule has 0 spiro atoms. The average molecular weight is 591 g/mol. The van der Waals surface area contributed by atoms with Gasteiger partial charge in [0.1, 0.15) is 0 Å². The van der Waals surface area contributed by atoms with Gasteiger partial charge in [-0.3, -0.25) is 0 Å². The number of nitrogens with zero attached hydrogens (tertiary/aromatic N) is 2. The van der Waals surface area contributed by atoms with Crippen molar-refractivity contribution in [3.8, 4) is 22.5 Å². The molecule has 9 rings (SSSR count). The molecule has 0 amide bonds. The van der Waals surface area contributed by atoms with E-state index in [0.29, 0.717) is 0 Å². The van der Waals surface area contributed by atoms with Crippen molar-refractivity contribution in [2.24, 2.45) is 0 Å².